The van der Waals surface area contributed by atoms with Crippen molar-refractivity contribution in [3.8, 4) is 5.75 Å². The normalized spacial score (nSPS) is 12.6. The van der Waals surface area contributed by atoms with Gasteiger partial charge in [-0.2, -0.15) is 0 Å². The molecule has 23 heavy (non-hydrogen) atoms. The summed E-state index contributed by atoms with van der Waals surface area (Å²) in [5, 5.41) is 0. The first kappa shape index (κ1) is 16.8. The smallest absolute Gasteiger partial charge is 0.465 e. The third kappa shape index (κ3) is 4.23. The molecule has 0 amide bonds. The highest BCUT2D eigenvalue weighted by molar-refractivity contribution is 5.91. The summed E-state index contributed by atoms with van der Waals surface area (Å²) in [6, 6.07) is 11.1. The summed E-state index contributed by atoms with van der Waals surface area (Å²) in [4.78, 5) is 11.8. The summed E-state index contributed by atoms with van der Waals surface area (Å²) in [5.74, 6) is -0.872. The predicted molar refractivity (Wildman–Crippen MR) is 76.9 cm³/mol. The molecule has 0 aliphatic carbocycles. The van der Waals surface area contributed by atoms with Crippen molar-refractivity contribution in [1.82, 2.24) is 0 Å². The van der Waals surface area contributed by atoms with Crippen LogP contribution in [0, 0.1) is 0 Å². The van der Waals surface area contributed by atoms with E-state index in [1.165, 1.54) is 31.4 Å². The van der Waals surface area contributed by atoms with Crippen LogP contribution in [0.2, 0.25) is 0 Å². The van der Waals surface area contributed by atoms with Gasteiger partial charge in [0.25, 0.3) is 0 Å². The summed E-state index contributed by atoms with van der Waals surface area (Å²) >= 11 is 0. The quantitative estimate of drug-likeness (QED) is 0.875. The Morgan fingerprint density at radius 1 is 1.09 bits per heavy atom. The summed E-state index contributed by atoms with van der Waals surface area (Å²) in [6.07, 6.45) is -4.75. The third-order valence-electron chi connectivity index (χ3n) is 3.17. The SMILES string of the molecule is COC(=O)c1ccccc1[C@H](N)c1ccc(OC(F)(F)F)cc1. The van der Waals surface area contributed by atoms with Gasteiger partial charge in [-0.05, 0) is 29.3 Å². The summed E-state index contributed by atoms with van der Waals surface area (Å²) in [6.45, 7) is 0. The fourth-order valence-corrected chi connectivity index (χ4v) is 2.12. The maximum atomic E-state index is 12.1. The standard InChI is InChI=1S/C16H14F3NO3/c1-22-15(21)13-5-3-2-4-12(13)14(20)10-6-8-11(9-7-10)23-16(17,18)19/h2-9,14H,20H2,1H3/t14-/m1/s1. The number of esters is 1. The first-order valence-electron chi connectivity index (χ1n) is 6.60. The van der Waals surface area contributed by atoms with Crippen LogP contribution in [0.5, 0.6) is 5.75 Å². The predicted octanol–water partition coefficient (Wildman–Crippen LogP) is 3.42. The van der Waals surface area contributed by atoms with E-state index in [1.54, 1.807) is 24.3 Å². The maximum Gasteiger partial charge on any atom is 0.573 e. The highest BCUT2D eigenvalue weighted by atomic mass is 19.4. The molecule has 0 heterocycles. The number of nitrogens with two attached hydrogens (primary N) is 1. The number of rotatable bonds is 4. The minimum Gasteiger partial charge on any atom is -0.465 e. The number of hydrogen-bond donors (Lipinski definition) is 1. The van der Waals surface area contributed by atoms with Crippen LogP contribution in [0.1, 0.15) is 27.5 Å². The van der Waals surface area contributed by atoms with Crippen LogP contribution in [0.25, 0.3) is 0 Å². The number of benzene rings is 2. The van der Waals surface area contributed by atoms with Crippen LogP contribution in [0.3, 0.4) is 0 Å². The molecule has 0 aliphatic heterocycles. The Bertz CT molecular complexity index is 684. The highest BCUT2D eigenvalue weighted by Gasteiger charge is 2.31. The first-order chi connectivity index (χ1) is 10.8. The van der Waals surface area contributed by atoms with Gasteiger partial charge in [0.05, 0.1) is 18.7 Å². The average Bonchev–Trinajstić information content (AvgIpc) is 2.52. The molecule has 0 saturated heterocycles. The number of halogens is 3. The Morgan fingerprint density at radius 3 is 2.26 bits per heavy atom. The van der Waals surface area contributed by atoms with Gasteiger partial charge in [0.15, 0.2) is 0 Å². The molecule has 0 spiro atoms. The molecule has 0 unspecified atom stereocenters. The lowest BCUT2D eigenvalue weighted by Crippen LogP contribution is -2.18. The molecule has 0 saturated carbocycles. The minimum atomic E-state index is -4.75. The monoisotopic (exact) mass is 325 g/mol. The molecule has 2 rings (SSSR count). The number of carbonyl (C=O) groups is 1. The zero-order valence-corrected chi connectivity index (χ0v) is 12.1. The Labute approximate surface area is 130 Å². The molecule has 0 aliphatic rings. The van der Waals surface area contributed by atoms with Crippen LogP contribution in [0.4, 0.5) is 13.2 Å². The van der Waals surface area contributed by atoms with Gasteiger partial charge in [0.2, 0.25) is 0 Å². The van der Waals surface area contributed by atoms with Gasteiger partial charge in [0, 0.05) is 0 Å². The van der Waals surface area contributed by atoms with Crippen LogP contribution in [-0.4, -0.2) is 19.4 Å². The number of hydrogen-bond acceptors (Lipinski definition) is 4. The number of methoxy groups -OCH3 is 1. The van der Waals surface area contributed by atoms with Crippen molar-refractivity contribution in [1.29, 1.82) is 0 Å². The van der Waals surface area contributed by atoms with Crippen molar-refractivity contribution < 1.29 is 27.4 Å². The fourth-order valence-electron chi connectivity index (χ4n) is 2.12. The van der Waals surface area contributed by atoms with Gasteiger partial charge in [-0.1, -0.05) is 30.3 Å². The fraction of sp³-hybridized carbons (Fsp3) is 0.188. The molecule has 0 bridgehead atoms. The second kappa shape index (κ2) is 6.70. The molecular weight excluding hydrogens is 311 g/mol. The summed E-state index contributed by atoms with van der Waals surface area (Å²) in [5.41, 5.74) is 7.48. The van der Waals surface area contributed by atoms with Crippen molar-refractivity contribution in [2.24, 2.45) is 5.73 Å². The second-order valence-electron chi connectivity index (χ2n) is 4.67. The molecule has 122 valence electrons. The zero-order chi connectivity index (χ0) is 17.0. The van der Waals surface area contributed by atoms with E-state index in [-0.39, 0.29) is 5.75 Å². The van der Waals surface area contributed by atoms with Crippen LogP contribution in [-0.2, 0) is 4.74 Å². The summed E-state index contributed by atoms with van der Waals surface area (Å²) in [7, 11) is 1.26. The van der Waals surface area contributed by atoms with E-state index in [0.29, 0.717) is 16.7 Å². The lowest BCUT2D eigenvalue weighted by atomic mass is 9.95. The molecule has 2 aromatic rings. The average molecular weight is 325 g/mol. The van der Waals surface area contributed by atoms with E-state index in [2.05, 4.69) is 4.74 Å². The Kier molecular flexibility index (Phi) is 4.90. The van der Waals surface area contributed by atoms with Gasteiger partial charge in [0.1, 0.15) is 5.75 Å². The van der Waals surface area contributed by atoms with Gasteiger partial charge in [-0.25, -0.2) is 4.79 Å². The topological polar surface area (TPSA) is 61.5 Å². The largest absolute Gasteiger partial charge is 0.573 e. The lowest BCUT2D eigenvalue weighted by molar-refractivity contribution is -0.274. The number of alkyl halides is 3. The Hall–Kier alpha value is -2.54. The Morgan fingerprint density at radius 2 is 1.70 bits per heavy atom. The maximum absolute atomic E-state index is 12.1. The number of carbonyl (C=O) groups excluding carboxylic acids is 1. The van der Waals surface area contributed by atoms with E-state index in [1.807, 2.05) is 0 Å². The lowest BCUT2D eigenvalue weighted by Gasteiger charge is -2.16. The molecule has 2 aromatic carbocycles. The van der Waals surface area contributed by atoms with Crippen LogP contribution < -0.4 is 10.5 Å². The van der Waals surface area contributed by atoms with Crippen LogP contribution in [0.15, 0.2) is 48.5 Å². The van der Waals surface area contributed by atoms with Crippen molar-refractivity contribution in [2.45, 2.75) is 12.4 Å². The van der Waals surface area contributed by atoms with E-state index in [0.717, 1.165) is 0 Å². The minimum absolute atomic E-state index is 0.304. The molecule has 0 aromatic heterocycles. The Balaban J connectivity index is 2.28. The van der Waals surface area contributed by atoms with E-state index in [9.17, 15) is 18.0 Å². The van der Waals surface area contributed by atoms with Gasteiger partial charge >= 0.3 is 12.3 Å². The van der Waals surface area contributed by atoms with Crippen molar-refractivity contribution in [3.05, 3.63) is 65.2 Å². The van der Waals surface area contributed by atoms with E-state index in [4.69, 9.17) is 10.5 Å². The second-order valence-corrected chi connectivity index (χ2v) is 4.67. The molecule has 0 fully saturated rings. The van der Waals surface area contributed by atoms with Crippen molar-refractivity contribution in [2.75, 3.05) is 7.11 Å². The third-order valence-corrected chi connectivity index (χ3v) is 3.17. The summed E-state index contributed by atoms with van der Waals surface area (Å²) < 4.78 is 44.9. The van der Waals surface area contributed by atoms with E-state index >= 15 is 0 Å². The molecule has 4 nitrogen and oxygen atoms in total. The zero-order valence-electron chi connectivity index (χ0n) is 12.1. The highest BCUT2D eigenvalue weighted by Crippen LogP contribution is 2.27. The first-order valence-corrected chi connectivity index (χ1v) is 6.60. The van der Waals surface area contributed by atoms with Gasteiger partial charge in [-0.3, -0.25) is 0 Å². The van der Waals surface area contributed by atoms with Crippen molar-refractivity contribution in [3.63, 3.8) is 0 Å². The van der Waals surface area contributed by atoms with Crippen molar-refractivity contribution >= 4 is 5.97 Å². The molecule has 1 atom stereocenters. The molecule has 7 heteroatoms. The molecule has 2 N–H and O–H groups in total. The van der Waals surface area contributed by atoms with Crippen LogP contribution >= 0.6 is 0 Å². The van der Waals surface area contributed by atoms with Gasteiger partial charge < -0.3 is 15.2 Å². The molecular formula is C16H14F3NO3. The number of ether oxygens (including phenoxy) is 2. The van der Waals surface area contributed by atoms with E-state index < -0.39 is 18.4 Å². The van der Waals surface area contributed by atoms with Gasteiger partial charge in [-0.15, -0.1) is 13.2 Å². The molecule has 0 radical (unpaired) electrons.